The SMILES string of the molecule is Cc1cc(C(=O)CN2CCN(C(=O)C3CCCCC3)CC2)c(C)n1C(C)C. The molecule has 0 aromatic carbocycles. The Bertz CT molecular complexity index is 678. The first-order valence-corrected chi connectivity index (χ1v) is 10.6. The minimum Gasteiger partial charge on any atom is -0.346 e. The van der Waals surface area contributed by atoms with Crippen LogP contribution in [0.25, 0.3) is 0 Å². The molecular weight excluding hydrogens is 338 g/mol. The van der Waals surface area contributed by atoms with Crippen LogP contribution in [0.2, 0.25) is 0 Å². The van der Waals surface area contributed by atoms with Gasteiger partial charge in [0.1, 0.15) is 0 Å². The highest BCUT2D eigenvalue weighted by Crippen LogP contribution is 2.26. The number of hydrogen-bond acceptors (Lipinski definition) is 3. The van der Waals surface area contributed by atoms with E-state index >= 15 is 0 Å². The first kappa shape index (κ1) is 20.1. The molecule has 27 heavy (non-hydrogen) atoms. The highest BCUT2D eigenvalue weighted by atomic mass is 16.2. The third-order valence-electron chi connectivity index (χ3n) is 6.31. The largest absolute Gasteiger partial charge is 0.346 e. The molecule has 0 N–H and O–H groups in total. The van der Waals surface area contributed by atoms with Crippen LogP contribution in [0.4, 0.5) is 0 Å². The number of piperazine rings is 1. The molecule has 150 valence electrons. The maximum Gasteiger partial charge on any atom is 0.225 e. The molecule has 0 radical (unpaired) electrons. The molecule has 1 aliphatic carbocycles. The minimum atomic E-state index is 0.196. The molecule has 1 aromatic heterocycles. The summed E-state index contributed by atoms with van der Waals surface area (Å²) in [5.41, 5.74) is 3.06. The quantitative estimate of drug-likeness (QED) is 0.741. The van der Waals surface area contributed by atoms with Crippen molar-refractivity contribution in [1.82, 2.24) is 14.4 Å². The lowest BCUT2D eigenvalue weighted by molar-refractivity contribution is -0.138. The van der Waals surface area contributed by atoms with E-state index in [9.17, 15) is 9.59 Å². The predicted octanol–water partition coefficient (Wildman–Crippen LogP) is 3.59. The van der Waals surface area contributed by atoms with Gasteiger partial charge in [-0.05, 0) is 46.6 Å². The average Bonchev–Trinajstić information content (AvgIpc) is 2.97. The number of carbonyl (C=O) groups excluding carboxylic acids is 2. The Labute approximate surface area is 163 Å². The fourth-order valence-corrected chi connectivity index (χ4v) is 4.88. The van der Waals surface area contributed by atoms with E-state index in [1.807, 2.05) is 17.9 Å². The Balaban J connectivity index is 1.54. The van der Waals surface area contributed by atoms with Crippen LogP contribution in [0.1, 0.15) is 73.7 Å². The molecule has 2 fully saturated rings. The van der Waals surface area contributed by atoms with Crippen molar-refractivity contribution in [3.63, 3.8) is 0 Å². The van der Waals surface area contributed by atoms with E-state index in [4.69, 9.17) is 0 Å². The highest BCUT2D eigenvalue weighted by Gasteiger charge is 2.29. The summed E-state index contributed by atoms with van der Waals surface area (Å²) in [4.78, 5) is 29.8. The average molecular weight is 374 g/mol. The maximum atomic E-state index is 12.8. The fourth-order valence-electron chi connectivity index (χ4n) is 4.88. The molecular formula is C22H35N3O2. The summed E-state index contributed by atoms with van der Waals surface area (Å²) >= 11 is 0. The van der Waals surface area contributed by atoms with Crippen molar-refractivity contribution in [3.05, 3.63) is 23.0 Å². The molecule has 1 aliphatic heterocycles. The van der Waals surface area contributed by atoms with Crippen LogP contribution < -0.4 is 0 Å². The van der Waals surface area contributed by atoms with E-state index in [0.717, 1.165) is 56.0 Å². The van der Waals surface area contributed by atoms with Crippen molar-refractivity contribution in [2.45, 2.75) is 65.8 Å². The number of rotatable bonds is 5. The molecule has 2 heterocycles. The van der Waals surface area contributed by atoms with Crippen molar-refractivity contribution in [2.24, 2.45) is 5.92 Å². The molecule has 3 rings (SSSR count). The lowest BCUT2D eigenvalue weighted by Crippen LogP contribution is -2.51. The van der Waals surface area contributed by atoms with Crippen molar-refractivity contribution in [3.8, 4) is 0 Å². The molecule has 2 aliphatic rings. The van der Waals surface area contributed by atoms with E-state index < -0.39 is 0 Å². The zero-order valence-electron chi connectivity index (χ0n) is 17.5. The first-order valence-electron chi connectivity index (χ1n) is 10.6. The summed E-state index contributed by atoms with van der Waals surface area (Å²) in [5, 5.41) is 0. The predicted molar refractivity (Wildman–Crippen MR) is 108 cm³/mol. The van der Waals surface area contributed by atoms with Crippen LogP contribution in [0, 0.1) is 19.8 Å². The van der Waals surface area contributed by atoms with Gasteiger partial charge in [0.25, 0.3) is 0 Å². The van der Waals surface area contributed by atoms with Crippen LogP contribution in [-0.2, 0) is 4.79 Å². The molecule has 5 heteroatoms. The fraction of sp³-hybridized carbons (Fsp3) is 0.727. The second-order valence-corrected chi connectivity index (χ2v) is 8.61. The van der Waals surface area contributed by atoms with Gasteiger partial charge in [0, 0.05) is 55.1 Å². The van der Waals surface area contributed by atoms with Crippen LogP contribution in [0.3, 0.4) is 0 Å². The van der Waals surface area contributed by atoms with E-state index in [1.54, 1.807) is 0 Å². The van der Waals surface area contributed by atoms with Crippen molar-refractivity contribution in [1.29, 1.82) is 0 Å². The highest BCUT2D eigenvalue weighted by molar-refractivity contribution is 5.99. The van der Waals surface area contributed by atoms with E-state index in [1.165, 1.54) is 19.3 Å². The van der Waals surface area contributed by atoms with E-state index in [2.05, 4.69) is 30.2 Å². The number of aryl methyl sites for hydroxylation is 1. The summed E-state index contributed by atoms with van der Waals surface area (Å²) in [6.07, 6.45) is 5.78. The monoisotopic (exact) mass is 373 g/mol. The van der Waals surface area contributed by atoms with E-state index in [-0.39, 0.29) is 11.7 Å². The van der Waals surface area contributed by atoms with Crippen LogP contribution in [0.5, 0.6) is 0 Å². The van der Waals surface area contributed by atoms with Crippen LogP contribution in [0.15, 0.2) is 6.07 Å². The van der Waals surface area contributed by atoms with Gasteiger partial charge in [0.15, 0.2) is 5.78 Å². The van der Waals surface area contributed by atoms with Crippen molar-refractivity contribution in [2.75, 3.05) is 32.7 Å². The van der Waals surface area contributed by atoms with Gasteiger partial charge >= 0.3 is 0 Å². The molecule has 1 amide bonds. The lowest BCUT2D eigenvalue weighted by Gasteiger charge is -2.36. The Hall–Kier alpha value is -1.62. The Morgan fingerprint density at radius 1 is 1.04 bits per heavy atom. The molecule has 0 unspecified atom stereocenters. The number of amides is 1. The molecule has 5 nitrogen and oxygen atoms in total. The number of ketones is 1. The second-order valence-electron chi connectivity index (χ2n) is 8.61. The van der Waals surface area contributed by atoms with Gasteiger partial charge in [-0.3, -0.25) is 14.5 Å². The third-order valence-corrected chi connectivity index (χ3v) is 6.31. The number of hydrogen-bond donors (Lipinski definition) is 0. The number of Topliss-reactive ketones (excluding diaryl/α,β-unsaturated/α-hetero) is 1. The van der Waals surface area contributed by atoms with Gasteiger partial charge < -0.3 is 9.47 Å². The van der Waals surface area contributed by atoms with Gasteiger partial charge in [0.2, 0.25) is 5.91 Å². The number of carbonyl (C=O) groups is 2. The second kappa shape index (κ2) is 8.59. The van der Waals surface area contributed by atoms with Gasteiger partial charge in [-0.25, -0.2) is 0 Å². The number of nitrogens with zero attached hydrogens (tertiary/aromatic N) is 3. The third kappa shape index (κ3) is 4.45. The molecule has 1 saturated carbocycles. The summed E-state index contributed by atoms with van der Waals surface area (Å²) < 4.78 is 2.23. The number of aromatic nitrogens is 1. The van der Waals surface area contributed by atoms with E-state index in [0.29, 0.717) is 18.5 Å². The minimum absolute atomic E-state index is 0.196. The normalized spacial score (nSPS) is 19.7. The standard InChI is InChI=1S/C22H35N3O2/c1-16(2)25-17(3)14-20(18(25)4)21(26)15-23-10-12-24(13-11-23)22(27)19-8-6-5-7-9-19/h14,16,19H,5-13,15H2,1-4H3. The summed E-state index contributed by atoms with van der Waals surface area (Å²) in [7, 11) is 0. The molecule has 0 atom stereocenters. The van der Waals surface area contributed by atoms with Crippen molar-refractivity contribution >= 4 is 11.7 Å². The van der Waals surface area contributed by atoms with Gasteiger partial charge in [0.05, 0.1) is 6.54 Å². The van der Waals surface area contributed by atoms with Gasteiger partial charge in [-0.1, -0.05) is 19.3 Å². The van der Waals surface area contributed by atoms with Gasteiger partial charge in [-0.15, -0.1) is 0 Å². The Kier molecular flexibility index (Phi) is 6.40. The summed E-state index contributed by atoms with van der Waals surface area (Å²) in [6.45, 7) is 12.0. The smallest absolute Gasteiger partial charge is 0.225 e. The molecule has 1 saturated heterocycles. The molecule has 0 spiro atoms. The Morgan fingerprint density at radius 2 is 1.67 bits per heavy atom. The topological polar surface area (TPSA) is 45.6 Å². The molecule has 1 aromatic rings. The summed E-state index contributed by atoms with van der Waals surface area (Å²) in [5.74, 6) is 0.788. The zero-order chi connectivity index (χ0) is 19.6. The first-order chi connectivity index (χ1) is 12.9. The van der Waals surface area contributed by atoms with Gasteiger partial charge in [-0.2, -0.15) is 0 Å². The van der Waals surface area contributed by atoms with Crippen LogP contribution in [-0.4, -0.2) is 58.8 Å². The van der Waals surface area contributed by atoms with Crippen LogP contribution >= 0.6 is 0 Å². The zero-order valence-corrected chi connectivity index (χ0v) is 17.5. The summed E-state index contributed by atoms with van der Waals surface area (Å²) in [6, 6.07) is 2.39. The lowest BCUT2D eigenvalue weighted by atomic mass is 9.88. The maximum absolute atomic E-state index is 12.8. The van der Waals surface area contributed by atoms with Crippen molar-refractivity contribution < 1.29 is 9.59 Å². The Morgan fingerprint density at radius 3 is 2.22 bits per heavy atom. The molecule has 0 bridgehead atoms.